The maximum atomic E-state index is 13.5. The van der Waals surface area contributed by atoms with E-state index in [0.717, 1.165) is 37.2 Å². The fraction of sp³-hybridized carbons (Fsp3) is 0.600. The summed E-state index contributed by atoms with van der Waals surface area (Å²) in [7, 11) is 0. The van der Waals surface area contributed by atoms with Crippen LogP contribution in [0.3, 0.4) is 0 Å². The lowest BCUT2D eigenvalue weighted by atomic mass is 9.88. The summed E-state index contributed by atoms with van der Waals surface area (Å²) >= 11 is 6.18. The quantitative estimate of drug-likeness (QED) is 0.599. The lowest BCUT2D eigenvalue weighted by molar-refractivity contribution is 0.0307. The Morgan fingerprint density at radius 2 is 2.03 bits per heavy atom. The first-order valence-electron chi connectivity index (χ1n) is 11.7. The molecular weight excluding hydrogens is 413 g/mol. The number of hydrogen-bond donors (Lipinski definition) is 0. The van der Waals surface area contributed by atoms with E-state index in [4.69, 9.17) is 16.3 Å². The molecule has 1 aromatic carbocycles. The predicted molar refractivity (Wildman–Crippen MR) is 121 cm³/mol. The highest BCUT2D eigenvalue weighted by molar-refractivity contribution is 6.33. The van der Waals surface area contributed by atoms with Crippen LogP contribution in [0.1, 0.15) is 44.2 Å². The summed E-state index contributed by atoms with van der Waals surface area (Å²) in [4.78, 5) is 2.67. The summed E-state index contributed by atoms with van der Waals surface area (Å²) in [6, 6.07) is 8.23. The number of nitrogens with zero attached hydrogens (tertiary/aromatic N) is 3. The van der Waals surface area contributed by atoms with Gasteiger partial charge in [-0.15, -0.1) is 0 Å². The molecule has 0 N–H and O–H groups in total. The van der Waals surface area contributed by atoms with Crippen LogP contribution in [0.4, 0.5) is 4.39 Å². The Bertz CT molecular complexity index is 892. The number of halogens is 2. The first kappa shape index (κ1) is 21.3. The Hall–Kier alpha value is -1.56. The van der Waals surface area contributed by atoms with Gasteiger partial charge in [-0.1, -0.05) is 11.6 Å². The van der Waals surface area contributed by atoms with Gasteiger partial charge in [0.05, 0.1) is 23.0 Å². The molecule has 6 heteroatoms. The molecule has 3 aliphatic rings. The Morgan fingerprint density at radius 3 is 2.77 bits per heavy atom. The minimum absolute atomic E-state index is 0.317. The molecule has 2 aliphatic heterocycles. The first-order chi connectivity index (χ1) is 15.1. The number of likely N-dealkylation sites (tertiary alicyclic amines) is 1. The molecule has 2 aromatic rings. The summed E-state index contributed by atoms with van der Waals surface area (Å²) in [6.07, 6.45) is 8.75. The predicted octanol–water partition coefficient (Wildman–Crippen LogP) is 5.40. The van der Waals surface area contributed by atoms with Crippen LogP contribution in [-0.2, 0) is 11.2 Å². The van der Waals surface area contributed by atoms with E-state index >= 15 is 0 Å². The number of aryl methyl sites for hydroxylation is 1. The number of ether oxygens (including phenoxy) is 1. The zero-order chi connectivity index (χ0) is 21.3. The summed E-state index contributed by atoms with van der Waals surface area (Å²) in [5, 5.41) is 9.18. The highest BCUT2D eigenvalue weighted by atomic mass is 35.5. The molecule has 166 valence electrons. The van der Waals surface area contributed by atoms with Crippen molar-refractivity contribution in [1.82, 2.24) is 15.1 Å². The third-order valence-corrected chi connectivity index (χ3v) is 7.98. The van der Waals surface area contributed by atoms with Crippen molar-refractivity contribution in [2.75, 3.05) is 32.8 Å². The van der Waals surface area contributed by atoms with Crippen LogP contribution in [0.25, 0.3) is 11.3 Å². The van der Waals surface area contributed by atoms with Crippen molar-refractivity contribution in [2.45, 2.75) is 44.9 Å². The average Bonchev–Trinajstić information content (AvgIpc) is 3.48. The highest BCUT2D eigenvalue weighted by Gasteiger charge is 2.53. The van der Waals surface area contributed by atoms with Gasteiger partial charge in [-0.3, -0.25) is 0 Å². The van der Waals surface area contributed by atoms with Crippen LogP contribution in [0.2, 0.25) is 5.02 Å². The van der Waals surface area contributed by atoms with Gasteiger partial charge in [-0.05, 0) is 106 Å². The van der Waals surface area contributed by atoms with E-state index in [9.17, 15) is 4.39 Å². The molecule has 0 amide bonds. The Labute approximate surface area is 189 Å². The van der Waals surface area contributed by atoms with Gasteiger partial charge in [-0.2, -0.15) is 10.2 Å². The summed E-state index contributed by atoms with van der Waals surface area (Å²) in [5.74, 6) is 1.25. The van der Waals surface area contributed by atoms with Gasteiger partial charge in [0.1, 0.15) is 5.82 Å². The molecule has 1 aliphatic carbocycles. The van der Waals surface area contributed by atoms with Crippen LogP contribution in [0, 0.1) is 23.1 Å². The standard InChI is InChI=1S/C25H31ClFN3O/c26-23-7-4-20(27)14-22(23)24-8-6-21(28-29-24)5-3-19-15-25(19)9-11-30(12-10-25)16-18-2-1-13-31-17-18/h4,6-8,14,18-19H,1-3,5,9-13,15-17H2. The zero-order valence-electron chi connectivity index (χ0n) is 18.0. The van der Waals surface area contributed by atoms with Crippen LogP contribution < -0.4 is 0 Å². The van der Waals surface area contributed by atoms with E-state index in [1.54, 1.807) is 6.07 Å². The van der Waals surface area contributed by atoms with Gasteiger partial charge in [0.2, 0.25) is 0 Å². The van der Waals surface area contributed by atoms with E-state index < -0.39 is 0 Å². The summed E-state index contributed by atoms with van der Waals surface area (Å²) in [6.45, 7) is 5.62. The molecule has 3 fully saturated rings. The topological polar surface area (TPSA) is 38.2 Å². The third kappa shape index (κ3) is 4.94. The summed E-state index contributed by atoms with van der Waals surface area (Å²) < 4.78 is 19.2. The van der Waals surface area contributed by atoms with Gasteiger partial charge in [0, 0.05) is 18.7 Å². The van der Waals surface area contributed by atoms with Gasteiger partial charge in [0.25, 0.3) is 0 Å². The normalized spacial score (nSPS) is 25.6. The van der Waals surface area contributed by atoms with Crippen LogP contribution in [-0.4, -0.2) is 47.9 Å². The second-order valence-corrected chi connectivity index (χ2v) is 10.1. The number of piperidine rings is 1. The minimum atomic E-state index is -0.317. The average molecular weight is 444 g/mol. The molecule has 31 heavy (non-hydrogen) atoms. The van der Waals surface area contributed by atoms with Gasteiger partial charge in [-0.25, -0.2) is 4.39 Å². The Balaban J connectivity index is 1.09. The van der Waals surface area contributed by atoms with Crippen molar-refractivity contribution >= 4 is 11.6 Å². The fourth-order valence-corrected chi connectivity index (χ4v) is 5.82. The van der Waals surface area contributed by atoms with Crippen molar-refractivity contribution in [1.29, 1.82) is 0 Å². The molecule has 2 unspecified atom stereocenters. The maximum absolute atomic E-state index is 13.5. The largest absolute Gasteiger partial charge is 0.381 e. The smallest absolute Gasteiger partial charge is 0.123 e. The molecule has 2 saturated heterocycles. The number of rotatable bonds is 6. The molecular formula is C25H31ClFN3O. The first-order valence-corrected chi connectivity index (χ1v) is 12.1. The zero-order valence-corrected chi connectivity index (χ0v) is 18.8. The van der Waals surface area contributed by atoms with Crippen molar-refractivity contribution in [3.05, 3.63) is 46.9 Å². The van der Waals surface area contributed by atoms with Gasteiger partial charge >= 0.3 is 0 Å². The molecule has 0 radical (unpaired) electrons. The number of aromatic nitrogens is 2. The number of benzene rings is 1. The SMILES string of the molecule is Fc1ccc(Cl)c(-c2ccc(CCC3CC34CCN(CC3CCCOC3)CC4)nn2)c1. The lowest BCUT2D eigenvalue weighted by Crippen LogP contribution is -2.40. The molecule has 3 heterocycles. The highest BCUT2D eigenvalue weighted by Crippen LogP contribution is 2.61. The van der Waals surface area contributed by atoms with E-state index in [-0.39, 0.29) is 5.82 Å². The molecule has 1 saturated carbocycles. The number of hydrogen-bond acceptors (Lipinski definition) is 4. The Kier molecular flexibility index (Phi) is 6.27. The molecule has 1 aromatic heterocycles. The maximum Gasteiger partial charge on any atom is 0.123 e. The van der Waals surface area contributed by atoms with Gasteiger partial charge < -0.3 is 9.64 Å². The molecule has 0 bridgehead atoms. The minimum Gasteiger partial charge on any atom is -0.381 e. The summed E-state index contributed by atoms with van der Waals surface area (Å²) in [5.41, 5.74) is 2.80. The van der Waals surface area contributed by atoms with Crippen molar-refractivity contribution in [3.8, 4) is 11.3 Å². The van der Waals surface area contributed by atoms with E-state index in [0.29, 0.717) is 21.7 Å². The van der Waals surface area contributed by atoms with Crippen LogP contribution in [0.15, 0.2) is 30.3 Å². The van der Waals surface area contributed by atoms with E-state index in [2.05, 4.69) is 15.1 Å². The van der Waals surface area contributed by atoms with Crippen LogP contribution in [0.5, 0.6) is 0 Å². The van der Waals surface area contributed by atoms with Crippen molar-refractivity contribution < 1.29 is 9.13 Å². The van der Waals surface area contributed by atoms with Crippen LogP contribution >= 0.6 is 11.6 Å². The van der Waals surface area contributed by atoms with Crippen molar-refractivity contribution in [2.24, 2.45) is 17.3 Å². The monoisotopic (exact) mass is 443 g/mol. The second-order valence-electron chi connectivity index (χ2n) is 9.72. The molecule has 4 nitrogen and oxygen atoms in total. The lowest BCUT2D eigenvalue weighted by Gasteiger charge is -2.36. The molecule has 2 atom stereocenters. The van der Waals surface area contributed by atoms with Gasteiger partial charge in [0.15, 0.2) is 0 Å². The molecule has 5 rings (SSSR count). The third-order valence-electron chi connectivity index (χ3n) is 7.65. The molecule has 1 spiro atoms. The van der Waals surface area contributed by atoms with Crippen molar-refractivity contribution in [3.63, 3.8) is 0 Å². The Morgan fingerprint density at radius 1 is 1.16 bits per heavy atom. The fourth-order valence-electron chi connectivity index (χ4n) is 5.60. The van der Waals surface area contributed by atoms with E-state index in [1.807, 2.05) is 12.1 Å². The second kappa shape index (κ2) is 9.13. The van der Waals surface area contributed by atoms with E-state index in [1.165, 1.54) is 70.3 Å².